The largest absolute Gasteiger partial charge is 0.497 e. The molecule has 0 bridgehead atoms. The molecule has 0 aliphatic carbocycles. The third kappa shape index (κ3) is 8.94. The SMILES string of the molecule is CCC(CCN(C)C)N1CC[C@@H](N(C)C(=O)CSCCN(C)Sc2c(C)cc(OC)cc2C)C1. The standard InChI is InChI=1S/C26H46N4O2S2/c1-9-22(10-12-27(4)5)30-13-11-23(18-30)29(7)25(31)19-33-15-14-28(6)34-26-20(2)16-24(32-8)17-21(26)3/h16-17,22-23H,9-15,18-19H2,1-8H3/t22?,23-/m1/s1. The molecule has 1 unspecified atom stereocenters. The summed E-state index contributed by atoms with van der Waals surface area (Å²) < 4.78 is 7.63. The first-order valence-corrected chi connectivity index (χ1v) is 14.4. The highest BCUT2D eigenvalue weighted by molar-refractivity contribution is 8.00. The van der Waals surface area contributed by atoms with E-state index in [1.165, 1.54) is 28.9 Å². The molecule has 34 heavy (non-hydrogen) atoms. The second-order valence-corrected chi connectivity index (χ2v) is 12.0. The molecule has 0 radical (unpaired) electrons. The van der Waals surface area contributed by atoms with Gasteiger partial charge in [0.25, 0.3) is 0 Å². The van der Waals surface area contributed by atoms with E-state index in [-0.39, 0.29) is 5.91 Å². The second kappa shape index (κ2) is 14.6. The third-order valence-corrected chi connectivity index (χ3v) is 8.97. The topological polar surface area (TPSA) is 39.3 Å². The number of ether oxygens (including phenoxy) is 1. The number of amides is 1. The van der Waals surface area contributed by atoms with Crippen molar-refractivity contribution in [3.05, 3.63) is 23.3 Å². The zero-order valence-corrected chi connectivity index (χ0v) is 24.2. The molecule has 1 aliphatic heterocycles. The van der Waals surface area contributed by atoms with Crippen LogP contribution < -0.4 is 4.74 Å². The predicted molar refractivity (Wildman–Crippen MR) is 148 cm³/mol. The van der Waals surface area contributed by atoms with Crippen LogP contribution in [0.2, 0.25) is 0 Å². The van der Waals surface area contributed by atoms with Crippen LogP contribution >= 0.6 is 23.7 Å². The van der Waals surface area contributed by atoms with Gasteiger partial charge in [-0.1, -0.05) is 6.92 Å². The number of nitrogens with zero attached hydrogens (tertiary/aromatic N) is 4. The van der Waals surface area contributed by atoms with Crippen molar-refractivity contribution in [3.63, 3.8) is 0 Å². The van der Waals surface area contributed by atoms with Crippen molar-refractivity contribution >= 4 is 29.6 Å². The molecule has 0 spiro atoms. The number of benzene rings is 1. The summed E-state index contributed by atoms with van der Waals surface area (Å²) in [5.74, 6) is 2.67. The smallest absolute Gasteiger partial charge is 0.232 e. The Balaban J connectivity index is 1.72. The van der Waals surface area contributed by atoms with E-state index >= 15 is 0 Å². The van der Waals surface area contributed by atoms with Gasteiger partial charge in [0, 0.05) is 49.4 Å². The normalized spacial score (nSPS) is 17.5. The molecule has 194 valence electrons. The Morgan fingerprint density at radius 3 is 2.44 bits per heavy atom. The Kier molecular flexibility index (Phi) is 12.6. The van der Waals surface area contributed by atoms with Gasteiger partial charge in [-0.2, -0.15) is 11.8 Å². The quantitative estimate of drug-likeness (QED) is 0.274. The van der Waals surface area contributed by atoms with Crippen molar-refractivity contribution in [1.29, 1.82) is 0 Å². The zero-order valence-electron chi connectivity index (χ0n) is 22.6. The summed E-state index contributed by atoms with van der Waals surface area (Å²) >= 11 is 3.51. The molecular formula is C26H46N4O2S2. The molecule has 8 heteroatoms. The number of aryl methyl sites for hydroxylation is 2. The Morgan fingerprint density at radius 2 is 1.85 bits per heavy atom. The van der Waals surface area contributed by atoms with Crippen molar-refractivity contribution < 1.29 is 9.53 Å². The first-order valence-electron chi connectivity index (χ1n) is 12.4. The van der Waals surface area contributed by atoms with Gasteiger partial charge >= 0.3 is 0 Å². The van der Waals surface area contributed by atoms with E-state index in [0.29, 0.717) is 17.8 Å². The molecule has 0 N–H and O–H groups in total. The Hall–Kier alpha value is -0.930. The molecule has 1 aliphatic rings. The second-order valence-electron chi connectivity index (χ2n) is 9.68. The number of thioether (sulfide) groups is 1. The Bertz CT molecular complexity index is 754. The molecule has 6 nitrogen and oxygen atoms in total. The average Bonchev–Trinajstić information content (AvgIpc) is 3.28. The fourth-order valence-corrected chi connectivity index (χ4v) is 6.44. The molecular weight excluding hydrogens is 464 g/mol. The molecule has 2 rings (SSSR count). The lowest BCUT2D eigenvalue weighted by Crippen LogP contribution is -2.42. The highest BCUT2D eigenvalue weighted by atomic mass is 32.2. The molecule has 1 amide bonds. The number of carbonyl (C=O) groups is 1. The van der Waals surface area contributed by atoms with Gasteiger partial charge in [-0.3, -0.25) is 9.69 Å². The lowest BCUT2D eigenvalue weighted by Gasteiger charge is -2.30. The maximum Gasteiger partial charge on any atom is 0.232 e. The van der Waals surface area contributed by atoms with E-state index in [1.807, 2.05) is 11.9 Å². The highest BCUT2D eigenvalue weighted by Gasteiger charge is 2.31. The number of methoxy groups -OCH3 is 1. The fourth-order valence-electron chi connectivity index (χ4n) is 4.50. The maximum absolute atomic E-state index is 12.8. The molecule has 1 heterocycles. The number of likely N-dealkylation sites (N-methyl/N-ethyl adjacent to an activating group) is 1. The van der Waals surface area contributed by atoms with Crippen LogP contribution in [0.3, 0.4) is 0 Å². The fraction of sp³-hybridized carbons (Fsp3) is 0.731. The number of carbonyl (C=O) groups excluding carboxylic acids is 1. The predicted octanol–water partition coefficient (Wildman–Crippen LogP) is 4.25. The molecule has 0 aromatic heterocycles. The number of likely N-dealkylation sites (tertiary alicyclic amines) is 1. The van der Waals surface area contributed by atoms with E-state index < -0.39 is 0 Å². The molecule has 1 aromatic rings. The van der Waals surface area contributed by atoms with Gasteiger partial charge in [0.2, 0.25) is 5.91 Å². The Labute approximate surface area is 216 Å². The van der Waals surface area contributed by atoms with Crippen LogP contribution in [0.5, 0.6) is 5.75 Å². The van der Waals surface area contributed by atoms with E-state index in [2.05, 4.69) is 68.2 Å². The molecule has 1 saturated heterocycles. The summed E-state index contributed by atoms with van der Waals surface area (Å²) in [7, 11) is 10.1. The van der Waals surface area contributed by atoms with Crippen LogP contribution in [0.25, 0.3) is 0 Å². The monoisotopic (exact) mass is 510 g/mol. The lowest BCUT2D eigenvalue weighted by molar-refractivity contribution is -0.128. The van der Waals surface area contributed by atoms with Crippen LogP contribution in [0.1, 0.15) is 37.3 Å². The molecule has 1 aromatic carbocycles. The summed E-state index contributed by atoms with van der Waals surface area (Å²) in [5.41, 5.74) is 2.46. The number of rotatable bonds is 14. The summed E-state index contributed by atoms with van der Waals surface area (Å²) in [6, 6.07) is 5.14. The van der Waals surface area contributed by atoms with Crippen molar-refractivity contribution in [2.45, 2.75) is 57.0 Å². The van der Waals surface area contributed by atoms with Crippen LogP contribution in [0.4, 0.5) is 0 Å². The molecule has 0 saturated carbocycles. The third-order valence-electron chi connectivity index (χ3n) is 6.73. The van der Waals surface area contributed by atoms with Gasteiger partial charge in [0.15, 0.2) is 0 Å². The van der Waals surface area contributed by atoms with Crippen molar-refractivity contribution in [2.75, 3.05) is 73.0 Å². The minimum Gasteiger partial charge on any atom is -0.497 e. The van der Waals surface area contributed by atoms with E-state index in [0.717, 1.165) is 44.1 Å². The van der Waals surface area contributed by atoms with Crippen LogP contribution in [-0.4, -0.2) is 110 Å². The van der Waals surface area contributed by atoms with E-state index in [4.69, 9.17) is 4.74 Å². The highest BCUT2D eigenvalue weighted by Crippen LogP contribution is 2.32. The van der Waals surface area contributed by atoms with Gasteiger partial charge in [0.05, 0.1) is 12.9 Å². The molecule has 2 atom stereocenters. The number of hydrogen-bond acceptors (Lipinski definition) is 7. The van der Waals surface area contributed by atoms with E-state index in [9.17, 15) is 4.79 Å². The minimum absolute atomic E-state index is 0.260. The van der Waals surface area contributed by atoms with Gasteiger partial charge in [-0.15, -0.1) is 0 Å². The van der Waals surface area contributed by atoms with Crippen LogP contribution in [-0.2, 0) is 4.79 Å². The van der Waals surface area contributed by atoms with E-state index in [1.54, 1.807) is 30.8 Å². The van der Waals surface area contributed by atoms with Crippen molar-refractivity contribution in [1.82, 2.24) is 19.0 Å². The zero-order chi connectivity index (χ0) is 25.3. The lowest BCUT2D eigenvalue weighted by atomic mass is 10.1. The summed E-state index contributed by atoms with van der Waals surface area (Å²) in [6.07, 6.45) is 3.46. The first-order chi connectivity index (χ1) is 16.2. The number of hydrogen-bond donors (Lipinski definition) is 0. The first kappa shape index (κ1) is 29.3. The van der Waals surface area contributed by atoms with Gasteiger partial charge in [-0.25, -0.2) is 4.31 Å². The average molecular weight is 511 g/mol. The summed E-state index contributed by atoms with van der Waals surface area (Å²) in [5, 5.41) is 0. The molecule has 1 fully saturated rings. The van der Waals surface area contributed by atoms with Gasteiger partial charge < -0.3 is 14.5 Å². The maximum atomic E-state index is 12.8. The van der Waals surface area contributed by atoms with Gasteiger partial charge in [0.1, 0.15) is 5.75 Å². The van der Waals surface area contributed by atoms with Crippen molar-refractivity contribution in [3.8, 4) is 5.75 Å². The minimum atomic E-state index is 0.260. The van der Waals surface area contributed by atoms with Gasteiger partial charge in [-0.05, 0) is 96.0 Å². The summed E-state index contributed by atoms with van der Waals surface area (Å²) in [6.45, 7) is 10.7. The van der Waals surface area contributed by atoms with Crippen LogP contribution in [0.15, 0.2) is 17.0 Å². The Morgan fingerprint density at radius 1 is 1.18 bits per heavy atom. The van der Waals surface area contributed by atoms with Crippen LogP contribution in [0, 0.1) is 13.8 Å². The summed E-state index contributed by atoms with van der Waals surface area (Å²) in [4.78, 5) is 21.0. The van der Waals surface area contributed by atoms with Crippen molar-refractivity contribution in [2.24, 2.45) is 0 Å².